The average Bonchev–Trinajstić information content (AvgIpc) is 2.62. The van der Waals surface area contributed by atoms with E-state index < -0.39 is 5.91 Å². The number of primary amides is 1. The summed E-state index contributed by atoms with van der Waals surface area (Å²) in [5.41, 5.74) is 12.7. The van der Waals surface area contributed by atoms with Crippen LogP contribution in [0, 0.1) is 0 Å². The van der Waals surface area contributed by atoms with Gasteiger partial charge >= 0.3 is 0 Å². The molecule has 1 aromatic carbocycles. The van der Waals surface area contributed by atoms with Crippen LogP contribution in [0.2, 0.25) is 0 Å². The van der Waals surface area contributed by atoms with E-state index in [4.69, 9.17) is 11.5 Å². The van der Waals surface area contributed by atoms with Crippen molar-refractivity contribution in [3.05, 3.63) is 29.8 Å². The number of nitrogen functional groups attached to an aromatic ring is 1. The number of hydrogen-bond acceptors (Lipinski definition) is 4. The fourth-order valence-electron chi connectivity index (χ4n) is 2.67. The Balaban J connectivity index is 2.16. The van der Waals surface area contributed by atoms with E-state index in [-0.39, 0.29) is 18.5 Å². The van der Waals surface area contributed by atoms with Crippen molar-refractivity contribution in [1.29, 1.82) is 0 Å². The molecule has 0 spiro atoms. The Bertz CT molecular complexity index is 518. The van der Waals surface area contributed by atoms with Gasteiger partial charge in [0.2, 0.25) is 11.8 Å². The molecule has 0 aliphatic carbocycles. The summed E-state index contributed by atoms with van der Waals surface area (Å²) in [6.45, 7) is 1.23. The molecule has 0 radical (unpaired) electrons. The number of nitrogens with zero attached hydrogens (tertiary/aromatic N) is 1. The van der Waals surface area contributed by atoms with Crippen LogP contribution in [0.3, 0.4) is 0 Å². The van der Waals surface area contributed by atoms with Gasteiger partial charge in [-0.15, -0.1) is 0 Å². The number of rotatable bonds is 5. The minimum Gasteiger partial charge on any atom is -0.399 e. The molecule has 2 amide bonds. The number of hydrogen-bond donors (Lipinski definition) is 3. The van der Waals surface area contributed by atoms with Crippen LogP contribution in [0.15, 0.2) is 24.3 Å². The van der Waals surface area contributed by atoms with Crippen molar-refractivity contribution in [2.75, 3.05) is 18.8 Å². The monoisotopic (exact) mass is 290 g/mol. The molecule has 0 bridgehead atoms. The van der Waals surface area contributed by atoms with E-state index in [2.05, 4.69) is 5.32 Å². The van der Waals surface area contributed by atoms with Crippen molar-refractivity contribution in [3.8, 4) is 0 Å². The standard InChI is InChI=1S/C15H22N4O2/c16-12-5-3-4-11(8-12)9-19(10-14(17)20)13-6-1-2-7-18-15(13)21/h3-5,8,13H,1-2,6-7,9-10,16H2,(H2,17,20)(H,18,21). The Kier molecular flexibility index (Phi) is 5.16. The predicted molar refractivity (Wildman–Crippen MR) is 81.1 cm³/mol. The van der Waals surface area contributed by atoms with Crippen LogP contribution in [0.5, 0.6) is 0 Å². The van der Waals surface area contributed by atoms with Crippen molar-refractivity contribution in [3.63, 3.8) is 0 Å². The molecule has 1 heterocycles. The third kappa shape index (κ3) is 4.46. The first-order valence-corrected chi connectivity index (χ1v) is 7.21. The molecule has 114 valence electrons. The fraction of sp³-hybridized carbons (Fsp3) is 0.467. The van der Waals surface area contributed by atoms with Crippen LogP contribution in [-0.2, 0) is 16.1 Å². The van der Waals surface area contributed by atoms with Gasteiger partial charge in [-0.1, -0.05) is 12.1 Å². The Labute approximate surface area is 124 Å². The van der Waals surface area contributed by atoms with Gasteiger partial charge in [0.25, 0.3) is 0 Å². The van der Waals surface area contributed by atoms with Gasteiger partial charge < -0.3 is 16.8 Å². The largest absolute Gasteiger partial charge is 0.399 e. The zero-order chi connectivity index (χ0) is 15.2. The maximum atomic E-state index is 12.2. The maximum absolute atomic E-state index is 12.2. The molecule has 1 aromatic rings. The van der Waals surface area contributed by atoms with Gasteiger partial charge in [0, 0.05) is 18.8 Å². The van der Waals surface area contributed by atoms with Crippen molar-refractivity contribution in [1.82, 2.24) is 10.2 Å². The lowest BCUT2D eigenvalue weighted by molar-refractivity contribution is -0.128. The van der Waals surface area contributed by atoms with Gasteiger partial charge in [0.15, 0.2) is 0 Å². The lowest BCUT2D eigenvalue weighted by Crippen LogP contribution is -2.48. The number of anilines is 1. The van der Waals surface area contributed by atoms with Crippen LogP contribution < -0.4 is 16.8 Å². The predicted octanol–water partition coefficient (Wildman–Crippen LogP) is 0.225. The van der Waals surface area contributed by atoms with E-state index >= 15 is 0 Å². The molecule has 0 aromatic heterocycles. The van der Waals surface area contributed by atoms with Crippen LogP contribution in [-0.4, -0.2) is 35.8 Å². The van der Waals surface area contributed by atoms with Crippen LogP contribution >= 0.6 is 0 Å². The molecule has 5 N–H and O–H groups in total. The van der Waals surface area contributed by atoms with E-state index in [1.165, 1.54) is 0 Å². The highest BCUT2D eigenvalue weighted by Crippen LogP contribution is 2.17. The van der Waals surface area contributed by atoms with Crippen LogP contribution in [0.25, 0.3) is 0 Å². The van der Waals surface area contributed by atoms with Gasteiger partial charge in [0.05, 0.1) is 12.6 Å². The van der Waals surface area contributed by atoms with E-state index in [1.807, 2.05) is 23.1 Å². The Hall–Kier alpha value is -2.08. The molecule has 1 aliphatic heterocycles. The normalized spacial score (nSPS) is 19.1. The second-order valence-corrected chi connectivity index (χ2v) is 5.42. The van der Waals surface area contributed by atoms with E-state index in [9.17, 15) is 9.59 Å². The molecule has 1 atom stereocenters. The summed E-state index contributed by atoms with van der Waals surface area (Å²) >= 11 is 0. The highest BCUT2D eigenvalue weighted by atomic mass is 16.2. The summed E-state index contributed by atoms with van der Waals surface area (Å²) in [5.74, 6) is -0.464. The third-order valence-corrected chi connectivity index (χ3v) is 3.64. The molecule has 2 rings (SSSR count). The number of benzene rings is 1. The Morgan fingerprint density at radius 1 is 1.38 bits per heavy atom. The van der Waals surface area contributed by atoms with Crippen LogP contribution in [0.4, 0.5) is 5.69 Å². The van der Waals surface area contributed by atoms with E-state index in [1.54, 1.807) is 6.07 Å². The van der Waals surface area contributed by atoms with Gasteiger partial charge in [-0.2, -0.15) is 0 Å². The molecule has 6 heteroatoms. The molecular weight excluding hydrogens is 268 g/mol. The molecular formula is C15H22N4O2. The molecule has 1 unspecified atom stereocenters. The fourth-order valence-corrected chi connectivity index (χ4v) is 2.67. The summed E-state index contributed by atoms with van der Waals surface area (Å²) in [7, 11) is 0. The lowest BCUT2D eigenvalue weighted by atomic mass is 10.1. The van der Waals surface area contributed by atoms with Crippen molar-refractivity contribution in [2.45, 2.75) is 31.8 Å². The van der Waals surface area contributed by atoms with Gasteiger partial charge in [0.1, 0.15) is 0 Å². The van der Waals surface area contributed by atoms with Gasteiger partial charge in [-0.05, 0) is 37.0 Å². The minimum atomic E-state index is -0.434. The van der Waals surface area contributed by atoms with Crippen molar-refractivity contribution < 1.29 is 9.59 Å². The first-order chi connectivity index (χ1) is 10.1. The van der Waals surface area contributed by atoms with Gasteiger partial charge in [-0.25, -0.2) is 0 Å². The number of carbonyl (C=O) groups excluding carboxylic acids is 2. The van der Waals surface area contributed by atoms with Crippen molar-refractivity contribution >= 4 is 17.5 Å². The van der Waals surface area contributed by atoms with E-state index in [0.717, 1.165) is 24.8 Å². The summed E-state index contributed by atoms with van der Waals surface area (Å²) in [6.07, 6.45) is 2.65. The maximum Gasteiger partial charge on any atom is 0.237 e. The summed E-state index contributed by atoms with van der Waals surface area (Å²) in [6, 6.07) is 7.13. The molecule has 21 heavy (non-hydrogen) atoms. The molecule has 1 aliphatic rings. The summed E-state index contributed by atoms with van der Waals surface area (Å²) < 4.78 is 0. The Morgan fingerprint density at radius 3 is 2.90 bits per heavy atom. The molecule has 6 nitrogen and oxygen atoms in total. The quantitative estimate of drug-likeness (QED) is 0.675. The minimum absolute atomic E-state index is 0.0300. The second-order valence-electron chi connectivity index (χ2n) is 5.42. The summed E-state index contributed by atoms with van der Waals surface area (Å²) in [4.78, 5) is 25.3. The smallest absolute Gasteiger partial charge is 0.237 e. The summed E-state index contributed by atoms with van der Waals surface area (Å²) in [5, 5.41) is 2.89. The second kappa shape index (κ2) is 7.08. The lowest BCUT2D eigenvalue weighted by Gasteiger charge is -2.28. The van der Waals surface area contributed by atoms with Gasteiger partial charge in [-0.3, -0.25) is 14.5 Å². The molecule has 1 fully saturated rings. The number of nitrogens with two attached hydrogens (primary N) is 2. The zero-order valence-corrected chi connectivity index (χ0v) is 12.0. The highest BCUT2D eigenvalue weighted by molar-refractivity contribution is 5.83. The first kappa shape index (κ1) is 15.3. The topological polar surface area (TPSA) is 101 Å². The zero-order valence-electron chi connectivity index (χ0n) is 12.0. The number of nitrogens with one attached hydrogen (secondary N) is 1. The van der Waals surface area contributed by atoms with Crippen LogP contribution in [0.1, 0.15) is 24.8 Å². The SMILES string of the molecule is NC(=O)CN(Cc1cccc(N)c1)C1CCCCNC1=O. The number of amides is 2. The molecule has 0 saturated carbocycles. The van der Waals surface area contributed by atoms with E-state index in [0.29, 0.717) is 18.8 Å². The molecule has 1 saturated heterocycles. The Morgan fingerprint density at radius 2 is 2.19 bits per heavy atom. The third-order valence-electron chi connectivity index (χ3n) is 3.64. The first-order valence-electron chi connectivity index (χ1n) is 7.21. The highest BCUT2D eigenvalue weighted by Gasteiger charge is 2.28. The average molecular weight is 290 g/mol. The number of carbonyl (C=O) groups is 2. The van der Waals surface area contributed by atoms with Crippen molar-refractivity contribution in [2.24, 2.45) is 5.73 Å².